The van der Waals surface area contributed by atoms with Crippen LogP contribution in [0.2, 0.25) is 0 Å². The van der Waals surface area contributed by atoms with Crippen LogP contribution in [0.3, 0.4) is 0 Å². The van der Waals surface area contributed by atoms with Gasteiger partial charge in [-0.3, -0.25) is 0 Å². The molecule has 7 heteroatoms. The predicted molar refractivity (Wildman–Crippen MR) is 161 cm³/mol. The lowest BCUT2D eigenvalue weighted by molar-refractivity contribution is 0.114. The number of nitrogen functional groups attached to an aromatic ring is 2. The lowest BCUT2D eigenvalue weighted by Gasteiger charge is -2.28. The fourth-order valence-electron chi connectivity index (χ4n) is 4.61. The molecule has 2 aromatic carbocycles. The maximum atomic E-state index is 13.1. The van der Waals surface area contributed by atoms with E-state index in [2.05, 4.69) is 0 Å². The number of hydrogen-bond donors (Lipinski definition) is 2. The minimum atomic E-state index is -3.35. The molecule has 0 atom stereocenters. The number of anilines is 2. The van der Waals surface area contributed by atoms with Gasteiger partial charge in [0.1, 0.15) is 11.2 Å². The molecule has 0 heterocycles. The summed E-state index contributed by atoms with van der Waals surface area (Å²) in [4.78, 5) is 0. The van der Waals surface area contributed by atoms with Crippen molar-refractivity contribution in [1.82, 2.24) is 0 Å². The van der Waals surface area contributed by atoms with Gasteiger partial charge in [0.05, 0.1) is 11.5 Å². The second-order valence-electron chi connectivity index (χ2n) is 9.88. The van der Waals surface area contributed by atoms with Gasteiger partial charge in [-0.15, -0.1) is 0 Å². The van der Waals surface area contributed by atoms with Crippen molar-refractivity contribution in [3.63, 3.8) is 0 Å². The first-order chi connectivity index (χ1) is 18.7. The van der Waals surface area contributed by atoms with Crippen molar-refractivity contribution in [2.24, 2.45) is 11.8 Å². The van der Waals surface area contributed by atoms with Gasteiger partial charge >= 0.3 is 0 Å². The Morgan fingerprint density at radius 2 is 1.05 bits per heavy atom. The molecule has 0 aliphatic heterocycles. The highest BCUT2D eigenvalue weighted by atomic mass is 32.2. The molecule has 4 N–H and O–H groups in total. The van der Waals surface area contributed by atoms with Gasteiger partial charge in [0.25, 0.3) is 0 Å². The van der Waals surface area contributed by atoms with Crippen LogP contribution in [0.1, 0.15) is 11.1 Å². The smallest absolute Gasteiger partial charge is 0.152 e. The van der Waals surface area contributed by atoms with Gasteiger partial charge in [-0.25, -0.2) is 8.42 Å². The lowest BCUT2D eigenvalue weighted by atomic mass is 9.92. The molecule has 0 fully saturated rings. The molecule has 2 aliphatic carbocycles. The van der Waals surface area contributed by atoms with E-state index in [9.17, 15) is 8.42 Å². The number of benzene rings is 2. The van der Waals surface area contributed by atoms with Gasteiger partial charge in [-0.05, 0) is 59.7 Å². The predicted octanol–water partition coefficient (Wildman–Crippen LogP) is 5.25. The number of sulfone groups is 1. The third-order valence-corrected chi connectivity index (χ3v) is 8.84. The Balaban J connectivity index is 1.37. The van der Waals surface area contributed by atoms with Crippen LogP contribution in [0.15, 0.2) is 109 Å². The summed E-state index contributed by atoms with van der Waals surface area (Å²) in [6, 6.07) is 15.2. The second-order valence-corrected chi connectivity index (χ2v) is 12.0. The fourth-order valence-corrected chi connectivity index (χ4v) is 6.36. The molecule has 0 spiro atoms. The molecule has 0 radical (unpaired) electrons. The fraction of sp³-hybridized carbons (Fsp3) is 0.250. The molecule has 0 amide bonds. The van der Waals surface area contributed by atoms with Crippen molar-refractivity contribution >= 4 is 33.4 Å². The zero-order valence-corrected chi connectivity index (χ0v) is 23.1. The van der Waals surface area contributed by atoms with Crippen molar-refractivity contribution in [3.8, 4) is 0 Å². The van der Waals surface area contributed by atoms with Crippen LogP contribution in [-0.4, -0.2) is 45.3 Å². The monoisotopic (exact) mass is 544 g/mol. The number of ether oxygens (including phenoxy) is 2. The van der Waals surface area contributed by atoms with Crippen LogP contribution >= 0.6 is 0 Å². The second kappa shape index (κ2) is 12.0. The average Bonchev–Trinajstić information content (AvgIpc) is 2.94. The van der Waals surface area contributed by atoms with Crippen molar-refractivity contribution in [1.29, 1.82) is 0 Å². The van der Waals surface area contributed by atoms with E-state index in [1.807, 2.05) is 121 Å². The number of hydrogen-bond acceptors (Lipinski definition) is 6. The third kappa shape index (κ3) is 7.26. The Bertz CT molecular complexity index is 1320. The average molecular weight is 545 g/mol. The quantitative estimate of drug-likeness (QED) is 0.313. The van der Waals surface area contributed by atoms with Crippen LogP contribution in [0.5, 0.6) is 0 Å². The van der Waals surface area contributed by atoms with Gasteiger partial charge < -0.3 is 20.9 Å². The number of methoxy groups -OCH3 is 2. The van der Waals surface area contributed by atoms with E-state index in [0.717, 1.165) is 11.1 Å². The summed E-state index contributed by atoms with van der Waals surface area (Å²) in [5.74, 6) is -0.420. The van der Waals surface area contributed by atoms with Gasteiger partial charge in [0.15, 0.2) is 9.84 Å². The first-order valence-corrected chi connectivity index (χ1v) is 14.6. The molecule has 0 unspecified atom stereocenters. The molecule has 39 heavy (non-hydrogen) atoms. The van der Waals surface area contributed by atoms with Crippen molar-refractivity contribution in [2.45, 2.75) is 11.2 Å². The number of allylic oxidation sites excluding steroid dienone is 4. The minimum absolute atomic E-state index is 0.0237. The molecule has 0 saturated heterocycles. The Kier molecular flexibility index (Phi) is 8.75. The number of nitrogens with two attached hydrogens (primary N) is 2. The summed E-state index contributed by atoms with van der Waals surface area (Å²) in [7, 11) is -0.104. The van der Waals surface area contributed by atoms with E-state index in [4.69, 9.17) is 20.9 Å². The Morgan fingerprint density at radius 3 is 1.38 bits per heavy atom. The summed E-state index contributed by atoms with van der Waals surface area (Å²) >= 11 is 0. The van der Waals surface area contributed by atoms with Crippen LogP contribution in [0.25, 0.3) is 12.2 Å². The van der Waals surface area contributed by atoms with E-state index < -0.39 is 21.0 Å². The van der Waals surface area contributed by atoms with Gasteiger partial charge in [-0.2, -0.15) is 0 Å². The van der Waals surface area contributed by atoms with Gasteiger partial charge in [-0.1, -0.05) is 72.9 Å². The zero-order chi connectivity index (χ0) is 27.9. The van der Waals surface area contributed by atoms with E-state index in [-0.39, 0.29) is 23.3 Å². The van der Waals surface area contributed by atoms with E-state index >= 15 is 0 Å². The first kappa shape index (κ1) is 28.4. The maximum absolute atomic E-state index is 13.1. The van der Waals surface area contributed by atoms with Crippen molar-refractivity contribution in [3.05, 3.63) is 120 Å². The molecule has 2 aromatic rings. The number of rotatable bonds is 10. The Morgan fingerprint density at radius 1 is 0.692 bits per heavy atom. The van der Waals surface area contributed by atoms with Crippen molar-refractivity contribution in [2.75, 3.05) is 37.2 Å². The standard InChI is InChI=1S/C32H36N2O4S/c1-37-31(21-15-27-7-3-5-9-29(27)33)17-11-25(12-18-31)23-39(35,36)24-26-13-19-32(38-2,20-14-26)22-16-28-8-4-6-10-30(28)34/h3-22,25-26H,23-24,33-34H2,1-2H3/b21-15+,22-16+. The van der Waals surface area contributed by atoms with Crippen molar-refractivity contribution < 1.29 is 17.9 Å². The largest absolute Gasteiger partial charge is 0.398 e. The van der Waals surface area contributed by atoms with Crippen LogP contribution < -0.4 is 11.5 Å². The Labute approximate surface area is 231 Å². The molecule has 4 rings (SSSR count). The maximum Gasteiger partial charge on any atom is 0.152 e. The summed E-state index contributed by atoms with van der Waals surface area (Å²) in [5, 5.41) is 0. The first-order valence-electron chi connectivity index (χ1n) is 12.8. The molecular formula is C32H36N2O4S. The molecule has 6 nitrogen and oxygen atoms in total. The highest BCUT2D eigenvalue weighted by Gasteiger charge is 2.29. The number of para-hydroxylation sites is 2. The summed E-state index contributed by atoms with van der Waals surface area (Å²) in [6.07, 6.45) is 22.8. The zero-order valence-electron chi connectivity index (χ0n) is 22.3. The summed E-state index contributed by atoms with van der Waals surface area (Å²) in [6.45, 7) is 0. The van der Waals surface area contributed by atoms with Gasteiger partial charge in [0.2, 0.25) is 0 Å². The minimum Gasteiger partial charge on any atom is -0.398 e. The van der Waals surface area contributed by atoms with E-state index in [0.29, 0.717) is 11.4 Å². The molecule has 0 aromatic heterocycles. The summed E-state index contributed by atoms with van der Waals surface area (Å²) in [5.41, 5.74) is 13.7. The highest BCUT2D eigenvalue weighted by Crippen LogP contribution is 2.29. The van der Waals surface area contributed by atoms with Crippen LogP contribution in [0, 0.1) is 11.8 Å². The van der Waals surface area contributed by atoms with E-state index in [1.54, 1.807) is 14.2 Å². The molecule has 2 aliphatic rings. The third-order valence-electron chi connectivity index (χ3n) is 7.05. The van der Waals surface area contributed by atoms with Crippen LogP contribution in [0.4, 0.5) is 11.4 Å². The van der Waals surface area contributed by atoms with E-state index in [1.165, 1.54) is 0 Å². The summed E-state index contributed by atoms with van der Waals surface area (Å²) < 4.78 is 37.6. The molecule has 204 valence electrons. The lowest BCUT2D eigenvalue weighted by Crippen LogP contribution is -2.29. The SMILES string of the molecule is COC1(/C=C/c2ccccc2N)C=CC(CS(=O)(=O)CC2C=CC(/C=C/c3ccccc3N)(OC)C=C2)C=C1. The molecule has 0 bridgehead atoms. The molecular weight excluding hydrogens is 508 g/mol. The van der Waals surface area contributed by atoms with Gasteiger partial charge in [0, 0.05) is 37.4 Å². The van der Waals surface area contributed by atoms with Crippen LogP contribution in [-0.2, 0) is 19.3 Å². The normalized spacial score (nSPS) is 26.6. The topological polar surface area (TPSA) is 105 Å². The Hall–Kier alpha value is -3.65. The highest BCUT2D eigenvalue weighted by molar-refractivity contribution is 7.91. The molecule has 0 saturated carbocycles.